The van der Waals surface area contributed by atoms with Crippen LogP contribution >= 0.6 is 11.8 Å². The van der Waals surface area contributed by atoms with Crippen LogP contribution in [0.15, 0.2) is 192 Å². The maximum atomic E-state index is 2.61. The SMILES string of the molecule is c1ccc(-c2cccc3c2c2c4cccc5c4n(c2n3-c2cccc3c2-c2ccccc2C32c3ccccc3-c3ccccc32)-c2ccccc2S5)cc1. The molecule has 1 spiro atoms. The summed E-state index contributed by atoms with van der Waals surface area (Å²) in [5.74, 6) is 0. The van der Waals surface area contributed by atoms with Gasteiger partial charge in [-0.1, -0.05) is 163 Å². The number of aromatic nitrogens is 2. The standard InChI is InChI=1S/C51H30N2S/c1-2-15-31(16-3-1)32-20-12-27-43-47(32)48-36-21-13-30-45-49(36)53(41-26-10-11-29-44(41)54-45)50(48)52(43)42-28-14-25-40-46(42)35-19-6-9-24-39(35)51(40)37-22-7-4-17-33(37)34-18-5-8-23-38(34)51/h1-30H. The Labute approximate surface area is 316 Å². The lowest BCUT2D eigenvalue weighted by Crippen LogP contribution is -2.25. The molecule has 0 atom stereocenters. The van der Waals surface area contributed by atoms with Gasteiger partial charge in [0.15, 0.2) is 0 Å². The quantitative estimate of drug-likeness (QED) is 0.174. The first kappa shape index (κ1) is 29.0. The molecule has 0 bridgehead atoms. The molecule has 250 valence electrons. The van der Waals surface area contributed by atoms with Gasteiger partial charge in [0, 0.05) is 31.5 Å². The van der Waals surface area contributed by atoms with E-state index in [9.17, 15) is 0 Å². The van der Waals surface area contributed by atoms with Gasteiger partial charge in [-0.3, -0.25) is 9.13 Å². The smallest absolute Gasteiger partial charge is 0.131 e. The molecule has 0 saturated heterocycles. The third-order valence-electron chi connectivity index (χ3n) is 12.3. The Bertz CT molecular complexity index is 3210. The number of nitrogens with zero attached hydrogens (tertiary/aromatic N) is 2. The first-order valence-electron chi connectivity index (χ1n) is 18.7. The topological polar surface area (TPSA) is 9.86 Å². The minimum Gasteiger partial charge on any atom is -0.294 e. The Balaban J connectivity index is 1.25. The van der Waals surface area contributed by atoms with Crippen molar-refractivity contribution in [2.45, 2.75) is 15.2 Å². The fraction of sp³-hybridized carbons (Fsp3) is 0.0196. The molecule has 2 aromatic heterocycles. The molecule has 3 heterocycles. The van der Waals surface area contributed by atoms with E-state index in [1.54, 1.807) is 0 Å². The molecule has 2 aliphatic carbocycles. The molecule has 13 rings (SSSR count). The fourth-order valence-electron chi connectivity index (χ4n) is 10.4. The average Bonchev–Trinajstić information content (AvgIpc) is 3.94. The van der Waals surface area contributed by atoms with Crippen molar-refractivity contribution in [1.29, 1.82) is 0 Å². The molecule has 0 saturated carbocycles. The van der Waals surface area contributed by atoms with Crippen LogP contribution in [0.3, 0.4) is 0 Å². The van der Waals surface area contributed by atoms with E-state index in [2.05, 4.69) is 191 Å². The van der Waals surface area contributed by atoms with E-state index in [1.807, 2.05) is 11.8 Å². The number of benzene rings is 8. The summed E-state index contributed by atoms with van der Waals surface area (Å²) in [6.07, 6.45) is 0. The lowest BCUT2D eigenvalue weighted by Gasteiger charge is -2.30. The van der Waals surface area contributed by atoms with Crippen LogP contribution in [0.2, 0.25) is 0 Å². The third kappa shape index (κ3) is 3.36. The van der Waals surface area contributed by atoms with Gasteiger partial charge < -0.3 is 0 Å². The van der Waals surface area contributed by atoms with Crippen LogP contribution < -0.4 is 0 Å². The largest absolute Gasteiger partial charge is 0.294 e. The van der Waals surface area contributed by atoms with Gasteiger partial charge in [0.05, 0.1) is 27.8 Å². The van der Waals surface area contributed by atoms with Crippen LogP contribution in [0, 0.1) is 0 Å². The highest BCUT2D eigenvalue weighted by atomic mass is 32.2. The van der Waals surface area contributed by atoms with Gasteiger partial charge in [0.1, 0.15) is 5.65 Å². The summed E-state index contributed by atoms with van der Waals surface area (Å²) in [6, 6.07) is 68.0. The van der Waals surface area contributed by atoms with Gasteiger partial charge in [0.2, 0.25) is 0 Å². The Hall–Kier alpha value is -6.55. The van der Waals surface area contributed by atoms with Crippen molar-refractivity contribution in [3.63, 3.8) is 0 Å². The van der Waals surface area contributed by atoms with Crippen molar-refractivity contribution >= 4 is 44.6 Å². The molecule has 0 radical (unpaired) electrons. The zero-order valence-corrected chi connectivity index (χ0v) is 29.9. The molecule has 0 amide bonds. The van der Waals surface area contributed by atoms with E-state index in [4.69, 9.17) is 0 Å². The highest BCUT2D eigenvalue weighted by molar-refractivity contribution is 7.99. The molecule has 3 aliphatic rings. The first-order chi connectivity index (χ1) is 26.8. The molecule has 3 heteroatoms. The number of fused-ring (bicyclic) bond motifs is 17. The first-order valence-corrected chi connectivity index (χ1v) is 19.5. The van der Waals surface area contributed by atoms with Crippen molar-refractivity contribution < 1.29 is 0 Å². The summed E-state index contributed by atoms with van der Waals surface area (Å²) in [5.41, 5.74) is 18.9. The van der Waals surface area contributed by atoms with Gasteiger partial charge >= 0.3 is 0 Å². The predicted octanol–water partition coefficient (Wildman–Crippen LogP) is 13.2. The Kier molecular flexibility index (Phi) is 5.53. The number of hydrogen-bond donors (Lipinski definition) is 0. The van der Waals surface area contributed by atoms with Crippen LogP contribution in [0.1, 0.15) is 22.3 Å². The number of para-hydroxylation sites is 2. The normalized spacial score (nSPS) is 14.0. The third-order valence-corrected chi connectivity index (χ3v) is 13.4. The number of rotatable bonds is 2. The van der Waals surface area contributed by atoms with Crippen LogP contribution in [0.4, 0.5) is 0 Å². The molecule has 2 nitrogen and oxygen atoms in total. The molecule has 1 aliphatic heterocycles. The second-order valence-electron chi connectivity index (χ2n) is 14.7. The van der Waals surface area contributed by atoms with Crippen molar-refractivity contribution in [2.24, 2.45) is 0 Å². The summed E-state index contributed by atoms with van der Waals surface area (Å²) in [4.78, 5) is 2.57. The number of hydrogen-bond acceptors (Lipinski definition) is 1. The lowest BCUT2D eigenvalue weighted by atomic mass is 9.70. The molecule has 10 aromatic rings. The van der Waals surface area contributed by atoms with E-state index in [0.29, 0.717) is 0 Å². The van der Waals surface area contributed by atoms with Gasteiger partial charge in [-0.2, -0.15) is 0 Å². The molecular formula is C51H30N2S. The lowest BCUT2D eigenvalue weighted by molar-refractivity contribution is 0.793. The van der Waals surface area contributed by atoms with E-state index in [1.165, 1.54) is 110 Å². The van der Waals surface area contributed by atoms with Gasteiger partial charge in [-0.25, -0.2) is 0 Å². The maximum Gasteiger partial charge on any atom is 0.131 e. The summed E-state index contributed by atoms with van der Waals surface area (Å²) >= 11 is 1.88. The van der Waals surface area contributed by atoms with E-state index >= 15 is 0 Å². The van der Waals surface area contributed by atoms with E-state index < -0.39 is 5.41 Å². The molecule has 0 fully saturated rings. The zero-order valence-electron chi connectivity index (χ0n) is 29.1. The van der Waals surface area contributed by atoms with E-state index in [0.717, 1.165) is 0 Å². The molecule has 8 aromatic carbocycles. The monoisotopic (exact) mass is 702 g/mol. The highest BCUT2D eigenvalue weighted by Gasteiger charge is 2.52. The summed E-state index contributed by atoms with van der Waals surface area (Å²) in [7, 11) is 0. The maximum absolute atomic E-state index is 2.61. The molecular weight excluding hydrogens is 673 g/mol. The van der Waals surface area contributed by atoms with Gasteiger partial charge in [0.25, 0.3) is 0 Å². The van der Waals surface area contributed by atoms with E-state index in [-0.39, 0.29) is 0 Å². The second-order valence-corrected chi connectivity index (χ2v) is 15.8. The zero-order chi connectivity index (χ0) is 35.1. The molecule has 0 N–H and O–H groups in total. The van der Waals surface area contributed by atoms with Gasteiger partial charge in [-0.05, 0) is 80.4 Å². The minimum atomic E-state index is -0.416. The van der Waals surface area contributed by atoms with Crippen molar-refractivity contribution in [1.82, 2.24) is 9.13 Å². The Morgan fingerprint density at radius 2 is 0.963 bits per heavy atom. The van der Waals surface area contributed by atoms with Crippen molar-refractivity contribution in [3.8, 4) is 44.8 Å². The van der Waals surface area contributed by atoms with Crippen LogP contribution in [0.25, 0.3) is 77.6 Å². The second kappa shape index (κ2) is 10.3. The summed E-state index contributed by atoms with van der Waals surface area (Å²) in [5, 5.41) is 3.88. The summed E-state index contributed by atoms with van der Waals surface area (Å²) < 4.78 is 5.17. The minimum absolute atomic E-state index is 0.416. The summed E-state index contributed by atoms with van der Waals surface area (Å²) in [6.45, 7) is 0. The fourth-order valence-corrected chi connectivity index (χ4v) is 11.5. The van der Waals surface area contributed by atoms with Crippen LogP contribution in [-0.4, -0.2) is 9.13 Å². The average molecular weight is 703 g/mol. The Morgan fingerprint density at radius 3 is 1.76 bits per heavy atom. The van der Waals surface area contributed by atoms with Crippen molar-refractivity contribution in [3.05, 3.63) is 204 Å². The van der Waals surface area contributed by atoms with Crippen LogP contribution in [0.5, 0.6) is 0 Å². The van der Waals surface area contributed by atoms with Crippen LogP contribution in [-0.2, 0) is 5.41 Å². The Morgan fingerprint density at radius 1 is 0.389 bits per heavy atom. The molecule has 0 unspecified atom stereocenters. The molecule has 54 heavy (non-hydrogen) atoms. The highest BCUT2D eigenvalue weighted by Crippen LogP contribution is 2.64. The van der Waals surface area contributed by atoms with Crippen molar-refractivity contribution in [2.75, 3.05) is 0 Å². The predicted molar refractivity (Wildman–Crippen MR) is 223 cm³/mol. The van der Waals surface area contributed by atoms with Gasteiger partial charge in [-0.15, -0.1) is 0 Å².